The summed E-state index contributed by atoms with van der Waals surface area (Å²) in [7, 11) is 0. The Morgan fingerprint density at radius 3 is 2.62 bits per heavy atom. The normalized spacial score (nSPS) is 21.8. The lowest BCUT2D eigenvalue weighted by atomic mass is 9.81. The molecule has 0 aromatic heterocycles. The molecule has 3 rings (SSSR count). The first kappa shape index (κ1) is 19.0. The van der Waals surface area contributed by atoms with Crippen molar-refractivity contribution in [3.8, 4) is 0 Å². The van der Waals surface area contributed by atoms with E-state index >= 15 is 0 Å². The van der Waals surface area contributed by atoms with Crippen LogP contribution in [0.5, 0.6) is 0 Å². The fraction of sp³-hybridized carbons (Fsp3) is 0.579. The fourth-order valence-corrected chi connectivity index (χ4v) is 3.86. The van der Waals surface area contributed by atoms with Crippen molar-refractivity contribution in [1.82, 2.24) is 10.6 Å². The van der Waals surface area contributed by atoms with Gasteiger partial charge in [-0.1, -0.05) is 43.0 Å². The van der Waals surface area contributed by atoms with E-state index in [0.717, 1.165) is 38.7 Å². The molecule has 142 valence electrons. The summed E-state index contributed by atoms with van der Waals surface area (Å²) in [6.45, 7) is 1.25. The maximum Gasteiger partial charge on any atom is 0.320 e. The predicted molar refractivity (Wildman–Crippen MR) is 101 cm³/mol. The highest BCUT2D eigenvalue weighted by Crippen LogP contribution is 2.29. The van der Waals surface area contributed by atoms with E-state index in [2.05, 4.69) is 16.0 Å². The van der Waals surface area contributed by atoms with E-state index in [-0.39, 0.29) is 12.0 Å². The molecule has 1 heterocycles. The topological polar surface area (TPSA) is 79.5 Å². The molecule has 1 aliphatic heterocycles. The summed E-state index contributed by atoms with van der Waals surface area (Å²) in [5.41, 5.74) is -0.347. The minimum Gasteiger partial charge on any atom is -0.376 e. The summed E-state index contributed by atoms with van der Waals surface area (Å²) >= 11 is 6.10. The van der Waals surface area contributed by atoms with Crippen LogP contribution in [0.15, 0.2) is 24.3 Å². The first-order valence-corrected chi connectivity index (χ1v) is 9.70. The summed E-state index contributed by atoms with van der Waals surface area (Å²) in [4.78, 5) is 25.4. The van der Waals surface area contributed by atoms with E-state index in [1.165, 1.54) is 0 Å². The quantitative estimate of drug-likeness (QED) is 0.733. The van der Waals surface area contributed by atoms with Crippen LogP contribution < -0.4 is 16.0 Å². The molecule has 1 saturated carbocycles. The second kappa shape index (κ2) is 8.73. The summed E-state index contributed by atoms with van der Waals surface area (Å²) in [5, 5.41) is 9.11. The Morgan fingerprint density at radius 1 is 1.15 bits per heavy atom. The van der Waals surface area contributed by atoms with Crippen molar-refractivity contribution in [3.63, 3.8) is 0 Å². The first-order chi connectivity index (χ1) is 12.6. The number of carbonyl (C=O) groups excluding carboxylic acids is 2. The molecule has 3 amide bonds. The average molecular weight is 380 g/mol. The van der Waals surface area contributed by atoms with E-state index in [0.29, 0.717) is 30.1 Å². The van der Waals surface area contributed by atoms with Crippen LogP contribution in [0.1, 0.15) is 44.9 Å². The third-order valence-electron chi connectivity index (χ3n) is 5.13. The number of amides is 3. The second-order valence-corrected chi connectivity index (χ2v) is 7.45. The molecule has 2 fully saturated rings. The lowest BCUT2D eigenvalue weighted by Crippen LogP contribution is -2.61. The lowest BCUT2D eigenvalue weighted by Gasteiger charge is -2.36. The van der Waals surface area contributed by atoms with Gasteiger partial charge in [0.25, 0.3) is 0 Å². The number of benzene rings is 1. The van der Waals surface area contributed by atoms with Crippen LogP contribution in [0.4, 0.5) is 10.5 Å². The molecule has 2 aliphatic rings. The molecular weight excluding hydrogens is 354 g/mol. The molecule has 0 spiro atoms. The van der Waals surface area contributed by atoms with Gasteiger partial charge in [-0.2, -0.15) is 0 Å². The molecule has 26 heavy (non-hydrogen) atoms. The standard InChI is InChI=1S/C19H26ClN3O3/c20-15-8-2-3-9-16(15)22-18(25)23-19(10-4-1-5-11-19)17(24)21-13-14-7-6-12-26-14/h2-3,8-9,14H,1,4-7,10-13H2,(H,21,24)(H2,22,23,25)/t14-/m0/s1. The summed E-state index contributed by atoms with van der Waals surface area (Å²) < 4.78 is 5.57. The molecular formula is C19H26ClN3O3. The maximum absolute atomic E-state index is 12.9. The van der Waals surface area contributed by atoms with Gasteiger partial charge in [0.2, 0.25) is 5.91 Å². The van der Waals surface area contributed by atoms with Crippen LogP contribution >= 0.6 is 11.6 Å². The third-order valence-corrected chi connectivity index (χ3v) is 5.46. The van der Waals surface area contributed by atoms with Gasteiger partial charge in [0.15, 0.2) is 0 Å². The van der Waals surface area contributed by atoms with Crippen LogP contribution in [-0.2, 0) is 9.53 Å². The molecule has 3 N–H and O–H groups in total. The van der Waals surface area contributed by atoms with E-state index < -0.39 is 11.6 Å². The SMILES string of the molecule is O=C(Nc1ccccc1Cl)NC1(C(=O)NC[C@@H]2CCCO2)CCCCC1. The van der Waals surface area contributed by atoms with E-state index in [4.69, 9.17) is 16.3 Å². The van der Waals surface area contributed by atoms with Crippen LogP contribution in [-0.4, -0.2) is 36.7 Å². The second-order valence-electron chi connectivity index (χ2n) is 7.05. The van der Waals surface area contributed by atoms with Crippen LogP contribution in [0.3, 0.4) is 0 Å². The van der Waals surface area contributed by atoms with Crippen molar-refractivity contribution in [2.24, 2.45) is 0 Å². The lowest BCUT2D eigenvalue weighted by molar-refractivity contribution is -0.129. The van der Waals surface area contributed by atoms with Gasteiger partial charge >= 0.3 is 6.03 Å². The van der Waals surface area contributed by atoms with Gasteiger partial charge in [-0.15, -0.1) is 0 Å². The highest BCUT2D eigenvalue weighted by Gasteiger charge is 2.41. The summed E-state index contributed by atoms with van der Waals surface area (Å²) in [6, 6.07) is 6.63. The van der Waals surface area contributed by atoms with Gasteiger partial charge in [-0.05, 0) is 37.8 Å². The highest BCUT2D eigenvalue weighted by molar-refractivity contribution is 6.33. The van der Waals surface area contributed by atoms with Crippen LogP contribution in [0, 0.1) is 0 Å². The van der Waals surface area contributed by atoms with Crippen LogP contribution in [0.2, 0.25) is 5.02 Å². The van der Waals surface area contributed by atoms with Crippen molar-refractivity contribution in [2.75, 3.05) is 18.5 Å². The molecule has 1 saturated heterocycles. The third kappa shape index (κ3) is 4.68. The number of para-hydroxylation sites is 1. The summed E-state index contributed by atoms with van der Waals surface area (Å²) in [5.74, 6) is -0.123. The average Bonchev–Trinajstić information content (AvgIpc) is 3.16. The zero-order valence-electron chi connectivity index (χ0n) is 14.9. The Kier molecular flexibility index (Phi) is 6.38. The Hall–Kier alpha value is -1.79. The van der Waals surface area contributed by atoms with Gasteiger partial charge in [0, 0.05) is 13.2 Å². The largest absolute Gasteiger partial charge is 0.376 e. The first-order valence-electron chi connectivity index (χ1n) is 9.33. The fourth-order valence-electron chi connectivity index (χ4n) is 3.68. The molecule has 1 aromatic rings. The van der Waals surface area contributed by atoms with Gasteiger partial charge in [0.1, 0.15) is 5.54 Å². The number of nitrogens with one attached hydrogen (secondary N) is 3. The number of carbonyl (C=O) groups is 2. The van der Waals surface area contributed by atoms with Gasteiger partial charge in [0.05, 0.1) is 16.8 Å². The minimum absolute atomic E-state index is 0.0801. The van der Waals surface area contributed by atoms with Crippen molar-refractivity contribution in [2.45, 2.75) is 56.6 Å². The van der Waals surface area contributed by atoms with E-state index in [9.17, 15) is 9.59 Å². The molecule has 0 bridgehead atoms. The zero-order chi connectivity index (χ0) is 18.4. The van der Waals surface area contributed by atoms with Crippen molar-refractivity contribution in [1.29, 1.82) is 0 Å². The number of urea groups is 1. The Morgan fingerprint density at radius 2 is 1.92 bits per heavy atom. The molecule has 1 aromatic carbocycles. The number of hydrogen-bond donors (Lipinski definition) is 3. The number of ether oxygens (including phenoxy) is 1. The van der Waals surface area contributed by atoms with E-state index in [1.54, 1.807) is 24.3 Å². The molecule has 0 unspecified atom stereocenters. The highest BCUT2D eigenvalue weighted by atomic mass is 35.5. The van der Waals surface area contributed by atoms with Crippen molar-refractivity contribution in [3.05, 3.63) is 29.3 Å². The van der Waals surface area contributed by atoms with Gasteiger partial charge in [-0.25, -0.2) is 4.79 Å². The molecule has 1 atom stereocenters. The molecule has 6 nitrogen and oxygen atoms in total. The monoisotopic (exact) mass is 379 g/mol. The number of rotatable bonds is 5. The Balaban J connectivity index is 1.63. The smallest absolute Gasteiger partial charge is 0.320 e. The van der Waals surface area contributed by atoms with Gasteiger partial charge in [-0.3, -0.25) is 4.79 Å². The molecule has 0 radical (unpaired) electrons. The van der Waals surface area contributed by atoms with E-state index in [1.807, 2.05) is 0 Å². The number of halogens is 1. The number of anilines is 1. The Labute approximate surface area is 159 Å². The maximum atomic E-state index is 12.9. The summed E-state index contributed by atoms with van der Waals surface area (Å²) in [6.07, 6.45) is 6.27. The molecule has 7 heteroatoms. The zero-order valence-corrected chi connectivity index (χ0v) is 15.6. The Bertz CT molecular complexity index is 641. The van der Waals surface area contributed by atoms with Gasteiger partial charge < -0.3 is 20.7 Å². The molecule has 1 aliphatic carbocycles. The van der Waals surface area contributed by atoms with Crippen molar-refractivity contribution >= 4 is 29.2 Å². The van der Waals surface area contributed by atoms with Crippen LogP contribution in [0.25, 0.3) is 0 Å². The predicted octanol–water partition coefficient (Wildman–Crippen LogP) is 3.46. The number of hydrogen-bond acceptors (Lipinski definition) is 3. The minimum atomic E-state index is -0.873. The van der Waals surface area contributed by atoms with Crippen molar-refractivity contribution < 1.29 is 14.3 Å².